The van der Waals surface area contributed by atoms with Gasteiger partial charge in [-0.15, -0.1) is 0 Å². The van der Waals surface area contributed by atoms with Gasteiger partial charge in [-0.3, -0.25) is 0 Å². The van der Waals surface area contributed by atoms with E-state index in [0.29, 0.717) is 17.5 Å². The highest BCUT2D eigenvalue weighted by atomic mass is 19.4. The van der Waals surface area contributed by atoms with Crippen molar-refractivity contribution >= 4 is 16.9 Å². The summed E-state index contributed by atoms with van der Waals surface area (Å²) in [4.78, 5) is 11.3. The van der Waals surface area contributed by atoms with Gasteiger partial charge in [0.25, 0.3) is 0 Å². The third-order valence-electron chi connectivity index (χ3n) is 5.06. The van der Waals surface area contributed by atoms with Crippen LogP contribution in [-0.4, -0.2) is 22.1 Å². The Bertz CT molecular complexity index is 1270. The van der Waals surface area contributed by atoms with Crippen molar-refractivity contribution in [1.82, 2.24) is 15.0 Å². The summed E-state index contributed by atoms with van der Waals surface area (Å²) < 4.78 is 58.8. The fourth-order valence-electron chi connectivity index (χ4n) is 3.44. The molecule has 0 bridgehead atoms. The number of nitrogens with one attached hydrogen (secondary N) is 2. The summed E-state index contributed by atoms with van der Waals surface area (Å²) in [5, 5.41) is 3.79. The van der Waals surface area contributed by atoms with Gasteiger partial charge in [0.1, 0.15) is 17.2 Å². The summed E-state index contributed by atoms with van der Waals surface area (Å²) in [6.07, 6.45) is -0.615. The van der Waals surface area contributed by atoms with E-state index >= 15 is 0 Å². The number of anilines is 1. The van der Waals surface area contributed by atoms with Crippen molar-refractivity contribution in [2.75, 3.05) is 12.4 Å². The minimum atomic E-state index is -4.49. The molecule has 0 radical (unpaired) electrons. The number of pyridine rings is 2. The van der Waals surface area contributed by atoms with Gasteiger partial charge < -0.3 is 15.0 Å². The van der Waals surface area contributed by atoms with Gasteiger partial charge in [-0.25, -0.2) is 9.97 Å². The zero-order chi connectivity index (χ0) is 22.9. The summed E-state index contributed by atoms with van der Waals surface area (Å²) in [5.41, 5.74) is 2.56. The molecule has 0 saturated carbocycles. The predicted molar refractivity (Wildman–Crippen MR) is 113 cm³/mol. The number of fused-ring (bicyclic) bond motifs is 1. The summed E-state index contributed by atoms with van der Waals surface area (Å²) in [6, 6.07) is 8.63. The maximum absolute atomic E-state index is 14.6. The summed E-state index contributed by atoms with van der Waals surface area (Å²) in [7, 11) is 1.30. The van der Waals surface area contributed by atoms with Gasteiger partial charge in [0.15, 0.2) is 0 Å². The van der Waals surface area contributed by atoms with Crippen molar-refractivity contribution in [3.8, 4) is 5.75 Å². The lowest BCUT2D eigenvalue weighted by Crippen LogP contribution is -2.09. The number of alkyl halides is 3. The number of aromatic nitrogens is 3. The van der Waals surface area contributed by atoms with E-state index in [4.69, 9.17) is 4.74 Å². The van der Waals surface area contributed by atoms with Crippen molar-refractivity contribution in [3.05, 3.63) is 82.6 Å². The second-order valence-electron chi connectivity index (χ2n) is 7.47. The number of methoxy groups -OCH3 is 1. The van der Waals surface area contributed by atoms with Gasteiger partial charge in [0.05, 0.1) is 12.7 Å². The lowest BCUT2D eigenvalue weighted by Gasteiger charge is -2.13. The molecule has 9 heteroatoms. The van der Waals surface area contributed by atoms with E-state index in [2.05, 4.69) is 20.3 Å². The highest BCUT2D eigenvalue weighted by Crippen LogP contribution is 2.33. The Morgan fingerprint density at radius 1 is 1.09 bits per heavy atom. The number of H-pyrrole nitrogens is 1. The Morgan fingerprint density at radius 2 is 1.91 bits per heavy atom. The minimum absolute atomic E-state index is 0.0272. The van der Waals surface area contributed by atoms with Crippen molar-refractivity contribution in [3.63, 3.8) is 0 Å². The van der Waals surface area contributed by atoms with Crippen LogP contribution >= 0.6 is 0 Å². The van der Waals surface area contributed by atoms with Crippen LogP contribution in [0.1, 0.15) is 27.8 Å². The molecule has 0 spiro atoms. The third-order valence-corrected chi connectivity index (χ3v) is 5.06. The fourth-order valence-corrected chi connectivity index (χ4v) is 3.44. The second kappa shape index (κ2) is 8.49. The van der Waals surface area contributed by atoms with E-state index in [-0.39, 0.29) is 18.1 Å². The van der Waals surface area contributed by atoms with Crippen molar-refractivity contribution in [2.24, 2.45) is 0 Å². The first-order valence-electron chi connectivity index (χ1n) is 9.80. The fraction of sp³-hybridized carbons (Fsp3) is 0.217. The number of rotatable bonds is 6. The molecular weight excluding hydrogens is 424 g/mol. The van der Waals surface area contributed by atoms with Crippen LogP contribution in [0.4, 0.5) is 23.4 Å². The quantitative estimate of drug-likeness (QED) is 0.299. The summed E-state index contributed by atoms with van der Waals surface area (Å²) >= 11 is 0. The number of benzene rings is 1. The maximum Gasteiger partial charge on any atom is 0.416 e. The highest BCUT2D eigenvalue weighted by molar-refractivity contribution is 5.80. The van der Waals surface area contributed by atoms with Gasteiger partial charge in [-0.05, 0) is 53.9 Å². The largest absolute Gasteiger partial charge is 0.497 e. The monoisotopic (exact) mass is 444 g/mol. The molecule has 2 N–H and O–H groups in total. The standard InChI is InChI=1S/C23H20F4N4O/c1-13-5-19-16(12-30-22(19)29-10-13)8-15-3-4-20(31-21(15)24)28-11-14-6-17(23(25,26)27)9-18(7-14)32-2/h3-7,9-10,12H,8,11H2,1-2H3,(H,28,31)(H,29,30). The van der Waals surface area contributed by atoms with Crippen LogP contribution in [0.3, 0.4) is 0 Å². The average molecular weight is 444 g/mol. The van der Waals surface area contributed by atoms with E-state index in [1.165, 1.54) is 13.2 Å². The molecule has 0 atom stereocenters. The number of hydrogen-bond donors (Lipinski definition) is 2. The molecule has 0 amide bonds. The SMILES string of the molecule is COc1cc(CNc2ccc(Cc3c[nH]c4ncc(C)cc34)c(F)n2)cc(C(F)(F)F)c1. The molecule has 0 aliphatic rings. The zero-order valence-corrected chi connectivity index (χ0v) is 17.3. The first-order chi connectivity index (χ1) is 15.2. The molecule has 0 aliphatic heterocycles. The van der Waals surface area contributed by atoms with Gasteiger partial charge >= 0.3 is 6.18 Å². The molecule has 0 saturated heterocycles. The molecule has 0 unspecified atom stereocenters. The molecule has 0 aliphatic carbocycles. The van der Waals surface area contributed by atoms with Crippen molar-refractivity contribution in [1.29, 1.82) is 0 Å². The Labute approximate surface area is 181 Å². The number of hydrogen-bond acceptors (Lipinski definition) is 4. The van der Waals surface area contributed by atoms with Crippen LogP contribution in [-0.2, 0) is 19.1 Å². The lowest BCUT2D eigenvalue weighted by molar-refractivity contribution is -0.137. The maximum atomic E-state index is 14.6. The Hall–Kier alpha value is -3.62. The number of ether oxygens (including phenoxy) is 1. The Balaban J connectivity index is 1.50. The normalized spacial score (nSPS) is 11.7. The van der Waals surface area contributed by atoms with E-state index in [9.17, 15) is 17.6 Å². The van der Waals surface area contributed by atoms with E-state index in [1.54, 1.807) is 24.5 Å². The molecule has 166 valence electrons. The first kappa shape index (κ1) is 21.6. The van der Waals surface area contributed by atoms with Gasteiger partial charge in [-0.1, -0.05) is 6.07 Å². The molecule has 3 heterocycles. The lowest BCUT2D eigenvalue weighted by atomic mass is 10.1. The van der Waals surface area contributed by atoms with E-state index in [1.807, 2.05) is 13.0 Å². The average Bonchev–Trinajstić information content (AvgIpc) is 3.15. The van der Waals surface area contributed by atoms with Crippen LogP contribution in [0.5, 0.6) is 5.75 Å². The van der Waals surface area contributed by atoms with Crippen LogP contribution in [0.2, 0.25) is 0 Å². The van der Waals surface area contributed by atoms with Crippen LogP contribution < -0.4 is 10.1 Å². The first-order valence-corrected chi connectivity index (χ1v) is 9.80. The van der Waals surface area contributed by atoms with Gasteiger partial charge in [-0.2, -0.15) is 17.6 Å². The molecule has 1 aromatic carbocycles. The van der Waals surface area contributed by atoms with Gasteiger partial charge in [0.2, 0.25) is 5.95 Å². The smallest absolute Gasteiger partial charge is 0.416 e. The topological polar surface area (TPSA) is 62.8 Å². The second-order valence-corrected chi connectivity index (χ2v) is 7.47. The number of aromatic amines is 1. The molecule has 4 aromatic rings. The van der Waals surface area contributed by atoms with Gasteiger partial charge in [0, 0.05) is 36.3 Å². The summed E-state index contributed by atoms with van der Waals surface area (Å²) in [6.45, 7) is 1.96. The Morgan fingerprint density at radius 3 is 2.62 bits per heavy atom. The molecule has 3 aromatic heterocycles. The molecule has 4 rings (SSSR count). The van der Waals surface area contributed by atoms with Crippen LogP contribution in [0.25, 0.3) is 11.0 Å². The number of aryl methyl sites for hydroxylation is 1. The van der Waals surface area contributed by atoms with Crippen molar-refractivity contribution in [2.45, 2.75) is 26.1 Å². The Kier molecular flexibility index (Phi) is 5.73. The molecule has 0 fully saturated rings. The molecule has 5 nitrogen and oxygen atoms in total. The van der Waals surface area contributed by atoms with E-state index in [0.717, 1.165) is 34.3 Å². The molecular formula is C23H20F4N4O. The minimum Gasteiger partial charge on any atom is -0.497 e. The van der Waals surface area contributed by atoms with Crippen LogP contribution in [0, 0.1) is 12.9 Å². The number of halogens is 4. The predicted octanol–water partition coefficient (Wildman–Crippen LogP) is 5.64. The zero-order valence-electron chi connectivity index (χ0n) is 17.3. The highest BCUT2D eigenvalue weighted by Gasteiger charge is 2.31. The summed E-state index contributed by atoms with van der Waals surface area (Å²) in [5.74, 6) is -0.333. The molecule has 32 heavy (non-hydrogen) atoms. The third kappa shape index (κ3) is 4.66. The number of nitrogens with zero attached hydrogens (tertiary/aromatic N) is 2. The van der Waals surface area contributed by atoms with Crippen molar-refractivity contribution < 1.29 is 22.3 Å². The van der Waals surface area contributed by atoms with E-state index < -0.39 is 17.7 Å². The van der Waals surface area contributed by atoms with Crippen LogP contribution in [0.15, 0.2) is 48.8 Å².